The lowest BCUT2D eigenvalue weighted by molar-refractivity contribution is -0.220. The topological polar surface area (TPSA) is 55.8 Å². The molecule has 0 saturated carbocycles. The molecule has 0 aliphatic rings. The number of hydrogen-bond donors (Lipinski definition) is 1. The van der Waals surface area contributed by atoms with Crippen molar-refractivity contribution in [3.63, 3.8) is 0 Å². The molecule has 1 N–H and O–H groups in total. The lowest BCUT2D eigenvalue weighted by atomic mass is 10.0. The first-order valence-electron chi connectivity index (χ1n) is 5.81. The zero-order valence-electron chi connectivity index (χ0n) is 10.7. The third-order valence-corrected chi connectivity index (χ3v) is 2.47. The van der Waals surface area contributed by atoms with Crippen molar-refractivity contribution in [2.75, 3.05) is 6.61 Å². The van der Waals surface area contributed by atoms with E-state index in [0.717, 1.165) is 0 Å². The summed E-state index contributed by atoms with van der Waals surface area (Å²) in [6, 6.07) is 0. The van der Waals surface area contributed by atoms with Gasteiger partial charge in [0.15, 0.2) is 6.10 Å². The minimum Gasteiger partial charge on any atom is -0.455 e. The van der Waals surface area contributed by atoms with Crippen LogP contribution in [0.2, 0.25) is 0 Å². The molecule has 0 aromatic carbocycles. The van der Waals surface area contributed by atoms with Crippen LogP contribution in [-0.4, -0.2) is 48.8 Å². The Balaban J connectivity index is 4.38. The molecule has 0 bridgehead atoms. The summed E-state index contributed by atoms with van der Waals surface area (Å²) in [5.41, 5.74) is 0. The number of carbonyl (C=O) groups is 1. The first-order valence-corrected chi connectivity index (χ1v) is 5.81. The average molecular weight is 290 g/mol. The van der Waals surface area contributed by atoms with Crippen LogP contribution in [0.4, 0.5) is 17.6 Å². The molecule has 4 unspecified atom stereocenters. The van der Waals surface area contributed by atoms with Crippen molar-refractivity contribution in [3.05, 3.63) is 0 Å². The largest absolute Gasteiger partial charge is 0.455 e. The fourth-order valence-electron chi connectivity index (χ4n) is 1.54. The lowest BCUT2D eigenvalue weighted by Crippen LogP contribution is -2.38. The number of carbonyl (C=O) groups excluding carboxylic acids is 1. The number of rotatable bonds is 9. The summed E-state index contributed by atoms with van der Waals surface area (Å²) in [6.07, 6.45) is -12.9. The molecule has 0 spiro atoms. The molecule has 4 nitrogen and oxygen atoms in total. The van der Waals surface area contributed by atoms with Gasteiger partial charge in [-0.3, -0.25) is 4.79 Å². The Morgan fingerprint density at radius 1 is 1.32 bits per heavy atom. The van der Waals surface area contributed by atoms with Crippen molar-refractivity contribution < 1.29 is 36.9 Å². The second kappa shape index (κ2) is 8.31. The quantitative estimate of drug-likeness (QED) is 0.521. The third-order valence-electron chi connectivity index (χ3n) is 2.47. The van der Waals surface area contributed by atoms with Crippen molar-refractivity contribution in [2.24, 2.45) is 0 Å². The molecule has 19 heavy (non-hydrogen) atoms. The van der Waals surface area contributed by atoms with Crippen LogP contribution < -0.4 is 0 Å². The minimum absolute atomic E-state index is 0.138. The van der Waals surface area contributed by atoms with E-state index in [1.807, 2.05) is 0 Å². The molecule has 0 amide bonds. The van der Waals surface area contributed by atoms with E-state index in [-0.39, 0.29) is 12.9 Å². The highest BCUT2D eigenvalue weighted by atomic mass is 19.4. The zero-order chi connectivity index (χ0) is 15.1. The predicted molar refractivity (Wildman–Crippen MR) is 58.2 cm³/mol. The van der Waals surface area contributed by atoms with Gasteiger partial charge in [-0.1, -0.05) is 0 Å². The van der Waals surface area contributed by atoms with E-state index in [0.29, 0.717) is 6.61 Å². The summed E-state index contributed by atoms with van der Waals surface area (Å²) in [6.45, 7) is 3.24. The van der Waals surface area contributed by atoms with Crippen LogP contribution in [0.3, 0.4) is 0 Å². The number of aliphatic hydroxyl groups is 1. The fraction of sp³-hybridized carbons (Fsp3) is 0.909. The van der Waals surface area contributed by atoms with E-state index in [1.54, 1.807) is 13.8 Å². The van der Waals surface area contributed by atoms with Crippen LogP contribution in [0.5, 0.6) is 0 Å². The van der Waals surface area contributed by atoms with Gasteiger partial charge in [0.25, 0.3) is 6.47 Å². The summed E-state index contributed by atoms with van der Waals surface area (Å²) < 4.78 is 59.4. The van der Waals surface area contributed by atoms with E-state index in [1.165, 1.54) is 0 Å². The van der Waals surface area contributed by atoms with Gasteiger partial charge in [0.2, 0.25) is 0 Å². The van der Waals surface area contributed by atoms with Gasteiger partial charge in [-0.25, -0.2) is 4.39 Å². The Bertz CT molecular complexity index is 260. The molecular formula is C11H18F4O4. The first-order chi connectivity index (χ1) is 8.72. The number of alkyl halides is 4. The SMILES string of the molecule is CCOC(C)CC(O)C(F)CC(OC=O)C(F)(F)F. The molecule has 0 fully saturated rings. The maximum atomic E-state index is 13.5. The van der Waals surface area contributed by atoms with Gasteiger partial charge in [0, 0.05) is 19.4 Å². The predicted octanol–water partition coefficient (Wildman–Crippen LogP) is 1.99. The summed E-state index contributed by atoms with van der Waals surface area (Å²) >= 11 is 0. The van der Waals surface area contributed by atoms with Gasteiger partial charge in [0.05, 0.1) is 12.2 Å². The number of ether oxygens (including phenoxy) is 2. The van der Waals surface area contributed by atoms with Crippen LogP contribution in [0.15, 0.2) is 0 Å². The summed E-state index contributed by atoms with van der Waals surface area (Å²) in [5, 5.41) is 9.43. The van der Waals surface area contributed by atoms with E-state index in [2.05, 4.69) is 4.74 Å². The highest BCUT2D eigenvalue weighted by molar-refractivity contribution is 5.37. The number of aliphatic hydroxyl groups excluding tert-OH is 1. The highest BCUT2D eigenvalue weighted by Crippen LogP contribution is 2.28. The van der Waals surface area contributed by atoms with Gasteiger partial charge < -0.3 is 14.6 Å². The number of hydrogen-bond acceptors (Lipinski definition) is 4. The average Bonchev–Trinajstić information content (AvgIpc) is 2.27. The van der Waals surface area contributed by atoms with Crippen molar-refractivity contribution in [3.8, 4) is 0 Å². The molecule has 0 heterocycles. The van der Waals surface area contributed by atoms with Gasteiger partial charge in [-0.05, 0) is 13.8 Å². The van der Waals surface area contributed by atoms with Crippen LogP contribution in [-0.2, 0) is 14.3 Å². The molecule has 0 aliphatic carbocycles. The fourth-order valence-corrected chi connectivity index (χ4v) is 1.54. The Hall–Kier alpha value is -0.890. The molecule has 0 aliphatic heterocycles. The molecule has 4 atom stereocenters. The lowest BCUT2D eigenvalue weighted by Gasteiger charge is -2.24. The van der Waals surface area contributed by atoms with Crippen molar-refractivity contribution in [2.45, 2.75) is 57.3 Å². The monoisotopic (exact) mass is 290 g/mol. The number of halogens is 4. The Labute approximate surface area is 108 Å². The molecule has 8 heteroatoms. The molecule has 0 saturated heterocycles. The van der Waals surface area contributed by atoms with Crippen LogP contribution in [0.25, 0.3) is 0 Å². The minimum atomic E-state index is -4.86. The Morgan fingerprint density at radius 2 is 1.89 bits per heavy atom. The van der Waals surface area contributed by atoms with Crippen molar-refractivity contribution in [1.82, 2.24) is 0 Å². The molecule has 0 aromatic heterocycles. The third kappa shape index (κ3) is 7.31. The second-order valence-electron chi connectivity index (χ2n) is 4.08. The van der Waals surface area contributed by atoms with Crippen LogP contribution in [0.1, 0.15) is 26.7 Å². The van der Waals surface area contributed by atoms with Gasteiger partial charge >= 0.3 is 6.18 Å². The van der Waals surface area contributed by atoms with E-state index in [4.69, 9.17) is 4.74 Å². The van der Waals surface area contributed by atoms with Gasteiger partial charge in [-0.2, -0.15) is 13.2 Å². The van der Waals surface area contributed by atoms with Crippen LogP contribution in [0, 0.1) is 0 Å². The Kier molecular flexibility index (Phi) is 7.93. The summed E-state index contributed by atoms with van der Waals surface area (Å²) in [7, 11) is 0. The summed E-state index contributed by atoms with van der Waals surface area (Å²) in [4.78, 5) is 9.95. The highest BCUT2D eigenvalue weighted by Gasteiger charge is 2.44. The Morgan fingerprint density at radius 3 is 2.32 bits per heavy atom. The van der Waals surface area contributed by atoms with E-state index in [9.17, 15) is 27.5 Å². The van der Waals surface area contributed by atoms with Gasteiger partial charge in [-0.15, -0.1) is 0 Å². The molecule has 0 aromatic rings. The van der Waals surface area contributed by atoms with E-state index < -0.39 is 37.1 Å². The zero-order valence-corrected chi connectivity index (χ0v) is 10.7. The molecule has 0 rings (SSSR count). The van der Waals surface area contributed by atoms with Crippen molar-refractivity contribution in [1.29, 1.82) is 0 Å². The second-order valence-corrected chi connectivity index (χ2v) is 4.08. The standard InChI is InChI=1S/C11H18F4O4/c1-3-18-7(2)4-9(17)8(12)5-10(19-6-16)11(13,14)15/h6-10,17H,3-5H2,1-2H3. The smallest absolute Gasteiger partial charge is 0.425 e. The van der Waals surface area contributed by atoms with Crippen molar-refractivity contribution >= 4 is 6.47 Å². The molecular weight excluding hydrogens is 272 g/mol. The normalized spacial score (nSPS) is 18.5. The van der Waals surface area contributed by atoms with Gasteiger partial charge in [0.1, 0.15) is 6.17 Å². The van der Waals surface area contributed by atoms with E-state index >= 15 is 0 Å². The molecule has 114 valence electrons. The maximum absolute atomic E-state index is 13.5. The summed E-state index contributed by atoms with van der Waals surface area (Å²) in [5.74, 6) is 0. The maximum Gasteiger partial charge on any atom is 0.425 e. The first kappa shape index (κ1) is 18.1. The molecule has 0 radical (unpaired) electrons. The van der Waals surface area contributed by atoms with Crippen LogP contribution >= 0.6 is 0 Å².